The third-order valence-corrected chi connectivity index (χ3v) is 7.33. The van der Waals surface area contributed by atoms with Crippen LogP contribution in [0.15, 0.2) is 87.6 Å². The number of hydrogen-bond acceptors (Lipinski definition) is 4. The van der Waals surface area contributed by atoms with E-state index < -0.39 is 0 Å². The summed E-state index contributed by atoms with van der Waals surface area (Å²) in [5.41, 5.74) is 10.1. The summed E-state index contributed by atoms with van der Waals surface area (Å²) in [6, 6.07) is 15.9. The first-order valence-electron chi connectivity index (χ1n) is 12.7. The topological polar surface area (TPSA) is 55.0 Å². The smallest absolute Gasteiger partial charge is 0.298 e. The van der Waals surface area contributed by atoms with Crippen LogP contribution in [0.25, 0.3) is 11.0 Å². The molecule has 1 heterocycles. The zero-order chi connectivity index (χ0) is 26.5. The summed E-state index contributed by atoms with van der Waals surface area (Å²) < 4.78 is 4.92. The molecule has 0 aliphatic rings. The van der Waals surface area contributed by atoms with E-state index in [-0.39, 0.29) is 0 Å². The quantitative estimate of drug-likeness (QED) is 0.170. The van der Waals surface area contributed by atoms with Gasteiger partial charge in [-0.05, 0) is 81.4 Å². The highest BCUT2D eigenvalue weighted by atomic mass is 32.2. The fourth-order valence-electron chi connectivity index (χ4n) is 3.98. The third kappa shape index (κ3) is 8.27. The first-order valence-corrected chi connectivity index (χ1v) is 13.7. The Kier molecular flexibility index (Phi) is 12.3. The lowest BCUT2D eigenvalue weighted by atomic mass is 9.92. The molecule has 0 saturated carbocycles. The zero-order valence-electron chi connectivity index (χ0n) is 22.8. The number of ether oxygens (including phenoxy) is 1. The molecule has 0 spiro atoms. The summed E-state index contributed by atoms with van der Waals surface area (Å²) in [6.45, 7) is 15.8. The molecule has 0 bridgehead atoms. The molecule has 1 N–H and O–H groups in total. The highest BCUT2D eigenvalue weighted by Gasteiger charge is 2.13. The summed E-state index contributed by atoms with van der Waals surface area (Å²) in [7, 11) is 0. The Bertz CT molecular complexity index is 1220. The van der Waals surface area contributed by atoms with Gasteiger partial charge in [0.1, 0.15) is 5.75 Å². The molecule has 4 nitrogen and oxygen atoms in total. The van der Waals surface area contributed by atoms with Crippen molar-refractivity contribution < 1.29 is 9.53 Å². The van der Waals surface area contributed by atoms with Gasteiger partial charge >= 0.3 is 0 Å². The number of nitrogens with one attached hydrogen (secondary N) is 1. The Morgan fingerprint density at radius 3 is 2.28 bits per heavy atom. The number of nitrogens with zero attached hydrogens (tertiary/aromatic N) is 1. The Labute approximate surface area is 221 Å². The molecular formula is C31H40N2O2S. The molecule has 0 amide bonds. The number of thioether (sulfide) groups is 1. The number of fused-ring (bicyclic) bond motifs is 1. The number of aromatic nitrogens is 2. The minimum absolute atomic E-state index is 0.435. The van der Waals surface area contributed by atoms with Crippen molar-refractivity contribution in [2.24, 2.45) is 0 Å². The molecule has 0 aliphatic heterocycles. The van der Waals surface area contributed by atoms with Crippen molar-refractivity contribution in [3.63, 3.8) is 0 Å². The molecule has 0 fully saturated rings. The number of carbonyl (C=O) groups excluding carboxylic acids is 1. The highest BCUT2D eigenvalue weighted by molar-refractivity contribution is 7.99. The maximum absolute atomic E-state index is 10.5. The van der Waals surface area contributed by atoms with Crippen LogP contribution in [0, 0.1) is 0 Å². The van der Waals surface area contributed by atoms with Crippen molar-refractivity contribution >= 4 is 29.3 Å². The molecule has 192 valence electrons. The lowest BCUT2D eigenvalue weighted by Gasteiger charge is -2.17. The lowest BCUT2D eigenvalue weighted by molar-refractivity contribution is -0.120. The van der Waals surface area contributed by atoms with Gasteiger partial charge in [-0.3, -0.25) is 4.79 Å². The van der Waals surface area contributed by atoms with Crippen LogP contribution in [0.3, 0.4) is 0 Å². The molecule has 0 atom stereocenters. The fourth-order valence-corrected chi connectivity index (χ4v) is 5.07. The van der Waals surface area contributed by atoms with Crippen LogP contribution in [0.2, 0.25) is 0 Å². The van der Waals surface area contributed by atoms with Crippen molar-refractivity contribution in [3.8, 4) is 5.75 Å². The maximum atomic E-state index is 10.5. The van der Waals surface area contributed by atoms with Crippen molar-refractivity contribution in [1.29, 1.82) is 0 Å². The monoisotopic (exact) mass is 504 g/mol. The summed E-state index contributed by atoms with van der Waals surface area (Å²) in [4.78, 5) is 18.5. The van der Waals surface area contributed by atoms with Crippen LogP contribution in [0.5, 0.6) is 5.75 Å². The van der Waals surface area contributed by atoms with Gasteiger partial charge in [-0.25, -0.2) is 4.98 Å². The number of aryl methyl sites for hydroxylation is 1. The summed E-state index contributed by atoms with van der Waals surface area (Å²) >= 11 is 1.70. The first-order chi connectivity index (χ1) is 17.4. The van der Waals surface area contributed by atoms with Crippen LogP contribution in [0.4, 0.5) is 0 Å². The number of H-pyrrole nitrogens is 1. The van der Waals surface area contributed by atoms with Gasteiger partial charge in [-0.2, -0.15) is 0 Å². The van der Waals surface area contributed by atoms with Crippen LogP contribution in [-0.2, 0) is 11.2 Å². The molecule has 0 radical (unpaired) electrons. The minimum atomic E-state index is 0.435. The summed E-state index contributed by atoms with van der Waals surface area (Å²) in [5, 5.41) is 0.869. The molecule has 0 saturated heterocycles. The second-order valence-electron chi connectivity index (χ2n) is 8.60. The van der Waals surface area contributed by atoms with E-state index in [1.165, 1.54) is 33.4 Å². The Morgan fingerprint density at radius 1 is 1.00 bits per heavy atom. The van der Waals surface area contributed by atoms with Crippen LogP contribution >= 0.6 is 11.8 Å². The zero-order valence-corrected chi connectivity index (χ0v) is 23.6. The molecule has 3 aromatic rings. The predicted molar refractivity (Wildman–Crippen MR) is 155 cm³/mol. The van der Waals surface area contributed by atoms with Crippen LogP contribution in [0.1, 0.15) is 66.9 Å². The van der Waals surface area contributed by atoms with Gasteiger partial charge in [0.15, 0.2) is 5.16 Å². The van der Waals surface area contributed by atoms with E-state index in [2.05, 4.69) is 88.8 Å². The van der Waals surface area contributed by atoms with E-state index in [1.807, 2.05) is 12.1 Å². The molecular weight excluding hydrogens is 464 g/mol. The van der Waals surface area contributed by atoms with Gasteiger partial charge in [-0.1, -0.05) is 80.1 Å². The number of aromatic amines is 1. The second-order valence-corrected chi connectivity index (χ2v) is 9.57. The minimum Gasteiger partial charge on any atom is -0.429 e. The molecule has 0 aliphatic carbocycles. The van der Waals surface area contributed by atoms with E-state index in [0.29, 0.717) is 12.2 Å². The van der Waals surface area contributed by atoms with E-state index in [0.717, 1.165) is 41.2 Å². The average molecular weight is 505 g/mol. The average Bonchev–Trinajstić information content (AvgIpc) is 3.32. The van der Waals surface area contributed by atoms with Gasteiger partial charge in [0.2, 0.25) is 0 Å². The Hall–Kier alpha value is -3.05. The number of hydrogen-bond donors (Lipinski definition) is 1. The highest BCUT2D eigenvalue weighted by Crippen LogP contribution is 2.31. The van der Waals surface area contributed by atoms with Crippen molar-refractivity contribution in [2.45, 2.75) is 72.9 Å². The van der Waals surface area contributed by atoms with Crippen LogP contribution in [-0.4, -0.2) is 22.2 Å². The number of rotatable bonds is 10. The van der Waals surface area contributed by atoms with Crippen molar-refractivity contribution in [1.82, 2.24) is 9.97 Å². The molecule has 0 unspecified atom stereocenters. The van der Waals surface area contributed by atoms with Gasteiger partial charge in [0.05, 0.1) is 11.0 Å². The SMILES string of the molecule is C/C=C(C)\C(CC)=C(\C)C(CSc1nc2ccc(OC=O)cc2[nH]1)=C(C)CC.CCc1ccccc1. The van der Waals surface area contributed by atoms with Gasteiger partial charge in [0.25, 0.3) is 6.47 Å². The van der Waals surface area contributed by atoms with Gasteiger partial charge in [-0.15, -0.1) is 0 Å². The molecule has 5 heteroatoms. The van der Waals surface area contributed by atoms with E-state index in [9.17, 15) is 4.79 Å². The normalized spacial score (nSPS) is 12.9. The molecule has 36 heavy (non-hydrogen) atoms. The molecule has 3 rings (SSSR count). The molecule has 1 aromatic heterocycles. The number of imidazole rings is 1. The fraction of sp³-hybridized carbons (Fsp3) is 0.355. The van der Waals surface area contributed by atoms with Crippen molar-refractivity contribution in [3.05, 3.63) is 88.0 Å². The van der Waals surface area contributed by atoms with Gasteiger partial charge < -0.3 is 9.72 Å². The van der Waals surface area contributed by atoms with Crippen molar-refractivity contribution in [2.75, 3.05) is 5.75 Å². The number of allylic oxidation sites excluding steroid dienone is 5. The Morgan fingerprint density at radius 2 is 1.72 bits per heavy atom. The number of carbonyl (C=O) groups is 1. The van der Waals surface area contributed by atoms with E-state index >= 15 is 0 Å². The summed E-state index contributed by atoms with van der Waals surface area (Å²) in [6.07, 6.45) is 5.39. The maximum Gasteiger partial charge on any atom is 0.298 e. The lowest BCUT2D eigenvalue weighted by Crippen LogP contribution is -2.00. The van der Waals surface area contributed by atoms with E-state index in [1.54, 1.807) is 23.9 Å². The summed E-state index contributed by atoms with van der Waals surface area (Å²) in [5.74, 6) is 1.38. The Balaban J connectivity index is 0.000000482. The second kappa shape index (κ2) is 15.1. The third-order valence-electron chi connectivity index (χ3n) is 6.43. The van der Waals surface area contributed by atoms with Crippen LogP contribution < -0.4 is 4.74 Å². The van der Waals surface area contributed by atoms with Gasteiger partial charge in [0, 0.05) is 11.8 Å². The van der Waals surface area contributed by atoms with E-state index in [4.69, 9.17) is 4.74 Å². The molecule has 2 aromatic carbocycles. The number of benzene rings is 2. The largest absolute Gasteiger partial charge is 0.429 e. The predicted octanol–water partition coefficient (Wildman–Crippen LogP) is 8.86. The first kappa shape index (κ1) is 29.2. The standard InChI is InChI=1S/C23H30N2O2S.C8H10/c1-7-15(4)19(9-3)17(6)20(16(5)8-2)13-28-23-24-21-11-10-18(27-14-26)12-22(21)25-23;1-2-8-6-4-3-5-7-8/h7,10-12,14H,8-9,13H2,1-6H3,(H,24,25);3-7H,2H2,1H3/b15-7-,19-17-,20-16?;.